The summed E-state index contributed by atoms with van der Waals surface area (Å²) in [5.74, 6) is 0. The molecule has 0 radical (unpaired) electrons. The van der Waals surface area contributed by atoms with Crippen molar-refractivity contribution < 1.29 is 5.11 Å². The molecule has 16 heavy (non-hydrogen) atoms. The third-order valence-electron chi connectivity index (χ3n) is 2.86. The average Bonchev–Trinajstić information content (AvgIpc) is 2.26. The molecule has 0 aromatic rings. The Bertz CT molecular complexity index is 261. The van der Waals surface area contributed by atoms with E-state index < -0.39 is 6.10 Å². The van der Waals surface area contributed by atoms with Gasteiger partial charge in [-0.15, -0.1) is 0 Å². The van der Waals surface area contributed by atoms with Gasteiger partial charge in [-0.05, 0) is 31.1 Å². The number of hydrogen-bond acceptors (Lipinski definition) is 2. The van der Waals surface area contributed by atoms with Crippen molar-refractivity contribution in [2.24, 2.45) is 0 Å². The molecule has 2 atom stereocenters. The highest BCUT2D eigenvalue weighted by atomic mass is 35.5. The van der Waals surface area contributed by atoms with Crippen LogP contribution >= 0.6 is 11.6 Å². The molecule has 0 amide bonds. The number of aliphatic hydroxyl groups is 1. The molecule has 3 heteroatoms. The Hall–Kier alpha value is -0.470. The standard InChI is InChI=1S/C13H22ClNO/c1-3-4-5-6-8-15-9-7-12(11(2)16)10-13(15)14/h7,9-11,13,16H,3-6,8H2,1-2H3. The number of alkyl halides is 1. The second-order valence-electron chi connectivity index (χ2n) is 4.33. The Kier molecular flexibility index (Phi) is 5.93. The van der Waals surface area contributed by atoms with Crippen LogP contribution in [-0.4, -0.2) is 28.2 Å². The predicted octanol–water partition coefficient (Wildman–Crippen LogP) is 3.27. The first kappa shape index (κ1) is 13.6. The van der Waals surface area contributed by atoms with E-state index in [2.05, 4.69) is 11.8 Å². The van der Waals surface area contributed by atoms with Crippen LogP contribution in [0.15, 0.2) is 23.9 Å². The van der Waals surface area contributed by atoms with E-state index in [-0.39, 0.29) is 5.50 Å². The van der Waals surface area contributed by atoms with Gasteiger partial charge in [0.25, 0.3) is 0 Å². The molecule has 1 N–H and O–H groups in total. The molecule has 0 aromatic heterocycles. The van der Waals surface area contributed by atoms with Gasteiger partial charge in [0.1, 0.15) is 5.50 Å². The number of hydrogen-bond donors (Lipinski definition) is 1. The lowest BCUT2D eigenvalue weighted by Crippen LogP contribution is -2.29. The van der Waals surface area contributed by atoms with Gasteiger partial charge >= 0.3 is 0 Å². The van der Waals surface area contributed by atoms with Crippen LogP contribution in [-0.2, 0) is 0 Å². The Morgan fingerprint density at radius 2 is 2.19 bits per heavy atom. The van der Waals surface area contributed by atoms with Crippen LogP contribution in [0.3, 0.4) is 0 Å². The van der Waals surface area contributed by atoms with Gasteiger partial charge in [0.05, 0.1) is 6.10 Å². The second kappa shape index (κ2) is 6.97. The first-order valence-corrected chi connectivity index (χ1v) is 6.56. The van der Waals surface area contributed by atoms with E-state index in [0.717, 1.165) is 12.1 Å². The van der Waals surface area contributed by atoms with E-state index in [1.807, 2.05) is 18.4 Å². The fourth-order valence-electron chi connectivity index (χ4n) is 1.77. The maximum atomic E-state index is 9.43. The molecule has 0 saturated heterocycles. The van der Waals surface area contributed by atoms with Crippen LogP contribution in [0.5, 0.6) is 0 Å². The summed E-state index contributed by atoms with van der Waals surface area (Å²) in [4.78, 5) is 2.11. The van der Waals surface area contributed by atoms with E-state index in [1.54, 1.807) is 6.92 Å². The summed E-state index contributed by atoms with van der Waals surface area (Å²) >= 11 is 6.22. The highest BCUT2D eigenvalue weighted by Gasteiger charge is 2.15. The van der Waals surface area contributed by atoms with E-state index in [4.69, 9.17) is 11.6 Å². The van der Waals surface area contributed by atoms with Crippen LogP contribution in [0.2, 0.25) is 0 Å². The van der Waals surface area contributed by atoms with Crippen molar-refractivity contribution >= 4 is 11.6 Å². The summed E-state index contributed by atoms with van der Waals surface area (Å²) in [6, 6.07) is 0. The van der Waals surface area contributed by atoms with Gasteiger partial charge in [-0.25, -0.2) is 0 Å². The minimum atomic E-state index is -0.431. The van der Waals surface area contributed by atoms with Gasteiger partial charge in [-0.3, -0.25) is 0 Å². The molecule has 0 bridgehead atoms. The van der Waals surface area contributed by atoms with E-state index in [1.165, 1.54) is 25.7 Å². The lowest BCUT2D eigenvalue weighted by Gasteiger charge is -2.28. The molecule has 0 spiro atoms. The van der Waals surface area contributed by atoms with Crippen molar-refractivity contribution in [2.45, 2.75) is 51.1 Å². The Morgan fingerprint density at radius 3 is 2.75 bits per heavy atom. The maximum Gasteiger partial charge on any atom is 0.123 e. The second-order valence-corrected chi connectivity index (χ2v) is 4.78. The van der Waals surface area contributed by atoms with Crippen molar-refractivity contribution in [1.82, 2.24) is 4.90 Å². The molecule has 1 heterocycles. The average molecular weight is 244 g/mol. The Balaban J connectivity index is 2.34. The van der Waals surface area contributed by atoms with Crippen LogP contribution < -0.4 is 0 Å². The lowest BCUT2D eigenvalue weighted by atomic mass is 10.1. The zero-order chi connectivity index (χ0) is 12.0. The van der Waals surface area contributed by atoms with Crippen molar-refractivity contribution in [3.63, 3.8) is 0 Å². The van der Waals surface area contributed by atoms with Crippen LogP contribution in [0.4, 0.5) is 0 Å². The van der Waals surface area contributed by atoms with Crippen molar-refractivity contribution in [1.29, 1.82) is 0 Å². The molecule has 1 aliphatic heterocycles. The molecule has 2 unspecified atom stereocenters. The third kappa shape index (κ3) is 4.18. The molecule has 0 aromatic carbocycles. The minimum Gasteiger partial charge on any atom is -0.389 e. The van der Waals surface area contributed by atoms with Gasteiger partial charge in [-0.2, -0.15) is 0 Å². The number of aliphatic hydroxyl groups excluding tert-OH is 1. The highest BCUT2D eigenvalue weighted by molar-refractivity contribution is 6.21. The van der Waals surface area contributed by atoms with Gasteiger partial charge < -0.3 is 10.0 Å². The van der Waals surface area contributed by atoms with Crippen molar-refractivity contribution in [3.05, 3.63) is 23.9 Å². The zero-order valence-corrected chi connectivity index (χ0v) is 11.0. The number of halogens is 1. The molecule has 0 aliphatic carbocycles. The maximum absolute atomic E-state index is 9.43. The molecule has 0 saturated carbocycles. The quantitative estimate of drug-likeness (QED) is 0.440. The summed E-state index contributed by atoms with van der Waals surface area (Å²) in [5.41, 5.74) is 0.793. The van der Waals surface area contributed by atoms with Gasteiger partial charge in [0, 0.05) is 12.7 Å². The van der Waals surface area contributed by atoms with Crippen molar-refractivity contribution in [3.8, 4) is 0 Å². The van der Waals surface area contributed by atoms with E-state index in [0.29, 0.717) is 0 Å². The summed E-state index contributed by atoms with van der Waals surface area (Å²) in [5, 5.41) is 9.43. The van der Waals surface area contributed by atoms with Gasteiger partial charge in [0.2, 0.25) is 0 Å². The van der Waals surface area contributed by atoms with Gasteiger partial charge in [0.15, 0.2) is 0 Å². The number of nitrogens with zero attached hydrogens (tertiary/aromatic N) is 1. The summed E-state index contributed by atoms with van der Waals surface area (Å²) < 4.78 is 0. The molecule has 1 aliphatic rings. The first-order valence-electron chi connectivity index (χ1n) is 6.13. The fraction of sp³-hybridized carbons (Fsp3) is 0.692. The van der Waals surface area contributed by atoms with E-state index >= 15 is 0 Å². The molecular weight excluding hydrogens is 222 g/mol. The highest BCUT2D eigenvalue weighted by Crippen LogP contribution is 2.19. The zero-order valence-electron chi connectivity index (χ0n) is 10.2. The normalized spacial score (nSPS) is 22.1. The van der Waals surface area contributed by atoms with Crippen LogP contribution in [0, 0.1) is 0 Å². The van der Waals surface area contributed by atoms with E-state index in [9.17, 15) is 5.11 Å². The monoisotopic (exact) mass is 243 g/mol. The van der Waals surface area contributed by atoms with Gasteiger partial charge in [-0.1, -0.05) is 37.8 Å². The fourth-order valence-corrected chi connectivity index (χ4v) is 2.08. The smallest absolute Gasteiger partial charge is 0.123 e. The Labute approximate surface area is 104 Å². The Morgan fingerprint density at radius 1 is 1.44 bits per heavy atom. The van der Waals surface area contributed by atoms with Crippen molar-refractivity contribution in [2.75, 3.05) is 6.54 Å². The van der Waals surface area contributed by atoms with Crippen LogP contribution in [0.1, 0.15) is 39.5 Å². The molecular formula is C13H22ClNO. The molecule has 1 rings (SSSR count). The summed E-state index contributed by atoms with van der Waals surface area (Å²) in [7, 11) is 0. The predicted molar refractivity (Wildman–Crippen MR) is 69.4 cm³/mol. The number of unbranched alkanes of at least 4 members (excludes halogenated alkanes) is 3. The summed E-state index contributed by atoms with van der Waals surface area (Å²) in [6.07, 6.45) is 10.4. The lowest BCUT2D eigenvalue weighted by molar-refractivity contribution is 0.231. The molecule has 0 fully saturated rings. The minimum absolute atomic E-state index is 0.115. The topological polar surface area (TPSA) is 23.5 Å². The van der Waals surface area contributed by atoms with Crippen LogP contribution in [0.25, 0.3) is 0 Å². The number of rotatable bonds is 6. The largest absolute Gasteiger partial charge is 0.389 e. The third-order valence-corrected chi connectivity index (χ3v) is 3.23. The summed E-state index contributed by atoms with van der Waals surface area (Å²) in [6.45, 7) is 4.97. The SMILES string of the molecule is CCCCCCN1C=CC(C(C)O)=CC1Cl. The first-order chi connectivity index (χ1) is 7.65. The molecule has 2 nitrogen and oxygen atoms in total. The molecule has 92 valence electrons.